The minimum absolute atomic E-state index is 1.23. The highest BCUT2D eigenvalue weighted by molar-refractivity contribution is 5.30. The van der Waals surface area contributed by atoms with Crippen LogP contribution in [0.2, 0.25) is 0 Å². The zero-order chi connectivity index (χ0) is 8.81. The second kappa shape index (κ2) is 4.97. The predicted molar refractivity (Wildman–Crippen MR) is 55.1 cm³/mol. The third-order valence-electron chi connectivity index (χ3n) is 2.38. The summed E-state index contributed by atoms with van der Waals surface area (Å²) in [6, 6.07) is 0. The molecule has 0 unspecified atom stereocenters. The lowest BCUT2D eigenvalue weighted by Crippen LogP contribution is -1.82. The van der Waals surface area contributed by atoms with Crippen molar-refractivity contribution in [2.24, 2.45) is 0 Å². The fourth-order valence-corrected chi connectivity index (χ4v) is 1.33. The number of allylic oxidation sites excluding steroid dienone is 6. The lowest BCUT2D eigenvalue weighted by Gasteiger charge is -2.02. The van der Waals surface area contributed by atoms with Gasteiger partial charge in [-0.3, -0.25) is 0 Å². The van der Waals surface area contributed by atoms with Gasteiger partial charge in [-0.15, -0.1) is 0 Å². The monoisotopic (exact) mass is 162 g/mol. The van der Waals surface area contributed by atoms with Gasteiger partial charge in [0.05, 0.1) is 0 Å². The normalized spacial score (nSPS) is 19.8. The molecule has 0 aromatic heterocycles. The van der Waals surface area contributed by atoms with Gasteiger partial charge in [-0.25, -0.2) is 0 Å². The molecular weight excluding hydrogens is 144 g/mol. The first-order valence-electron chi connectivity index (χ1n) is 4.81. The molecule has 0 heteroatoms. The lowest BCUT2D eigenvalue weighted by molar-refractivity contribution is 0.759. The van der Waals surface area contributed by atoms with Crippen LogP contribution in [-0.4, -0.2) is 0 Å². The van der Waals surface area contributed by atoms with E-state index in [1.807, 2.05) is 0 Å². The third-order valence-corrected chi connectivity index (χ3v) is 2.38. The molecular formula is C12H18. The van der Waals surface area contributed by atoms with Crippen LogP contribution in [0.4, 0.5) is 0 Å². The van der Waals surface area contributed by atoms with Gasteiger partial charge < -0.3 is 0 Å². The zero-order valence-electron chi connectivity index (χ0n) is 8.14. The van der Waals surface area contributed by atoms with E-state index in [-0.39, 0.29) is 0 Å². The van der Waals surface area contributed by atoms with E-state index in [1.54, 1.807) is 0 Å². The van der Waals surface area contributed by atoms with Crippen LogP contribution in [-0.2, 0) is 0 Å². The molecule has 12 heavy (non-hydrogen) atoms. The molecule has 1 rings (SSSR count). The zero-order valence-corrected chi connectivity index (χ0v) is 8.14. The molecule has 0 nitrogen and oxygen atoms in total. The molecule has 0 aromatic rings. The Kier molecular flexibility index (Phi) is 3.86. The van der Waals surface area contributed by atoms with Crippen LogP contribution in [0.25, 0.3) is 0 Å². The molecule has 0 saturated heterocycles. The van der Waals surface area contributed by atoms with Gasteiger partial charge >= 0.3 is 0 Å². The highest BCUT2D eigenvalue weighted by Gasteiger charge is 1.92. The van der Waals surface area contributed by atoms with Crippen molar-refractivity contribution in [3.05, 3.63) is 35.5 Å². The van der Waals surface area contributed by atoms with E-state index < -0.39 is 0 Å². The van der Waals surface area contributed by atoms with Gasteiger partial charge in [0.25, 0.3) is 0 Å². The second-order valence-corrected chi connectivity index (χ2v) is 3.45. The fraction of sp³-hybridized carbons (Fsp3) is 0.500. The molecule has 0 aromatic carbocycles. The number of hydrogen-bond acceptors (Lipinski definition) is 0. The topological polar surface area (TPSA) is 0 Å². The Bertz CT molecular complexity index is 216. The molecule has 1 aliphatic carbocycles. The summed E-state index contributed by atoms with van der Waals surface area (Å²) in [5.41, 5.74) is 2.83. The number of hydrogen-bond donors (Lipinski definition) is 0. The van der Waals surface area contributed by atoms with E-state index >= 15 is 0 Å². The average molecular weight is 162 g/mol. The molecule has 0 bridgehead atoms. The van der Waals surface area contributed by atoms with Crippen molar-refractivity contribution in [2.75, 3.05) is 0 Å². The van der Waals surface area contributed by atoms with E-state index in [0.717, 1.165) is 0 Å². The third kappa shape index (κ3) is 3.08. The molecule has 0 radical (unpaired) electrons. The van der Waals surface area contributed by atoms with Crippen LogP contribution in [0, 0.1) is 0 Å². The minimum atomic E-state index is 1.23. The largest absolute Gasteiger partial charge is 0.0845 e. The summed E-state index contributed by atoms with van der Waals surface area (Å²) in [6.45, 7) is 4.37. The maximum Gasteiger partial charge on any atom is -0.0345 e. The molecule has 1 aliphatic rings. The van der Waals surface area contributed by atoms with E-state index in [0.29, 0.717) is 0 Å². The Hall–Kier alpha value is -0.780. The molecule has 0 amide bonds. The maximum atomic E-state index is 2.35. The van der Waals surface area contributed by atoms with Gasteiger partial charge in [-0.1, -0.05) is 29.9 Å². The van der Waals surface area contributed by atoms with Gasteiger partial charge in [0.15, 0.2) is 0 Å². The van der Waals surface area contributed by atoms with E-state index in [4.69, 9.17) is 0 Å². The molecule has 0 heterocycles. The molecule has 0 saturated carbocycles. The first-order valence-corrected chi connectivity index (χ1v) is 4.81. The van der Waals surface area contributed by atoms with Crippen LogP contribution in [0.1, 0.15) is 39.5 Å². The SMILES string of the molecule is CC1=CC=CCCCCC=C1C. The van der Waals surface area contributed by atoms with Crippen molar-refractivity contribution >= 4 is 0 Å². The van der Waals surface area contributed by atoms with Crippen LogP contribution >= 0.6 is 0 Å². The summed E-state index contributed by atoms with van der Waals surface area (Å²) in [5, 5.41) is 0. The Labute approximate surface area is 75.7 Å². The Balaban J connectivity index is 2.71. The van der Waals surface area contributed by atoms with E-state index in [9.17, 15) is 0 Å². The second-order valence-electron chi connectivity index (χ2n) is 3.45. The summed E-state index contributed by atoms with van der Waals surface area (Å²) in [4.78, 5) is 0. The highest BCUT2D eigenvalue weighted by Crippen LogP contribution is 2.13. The molecule has 66 valence electrons. The first-order chi connectivity index (χ1) is 5.80. The summed E-state index contributed by atoms with van der Waals surface area (Å²) in [6.07, 6.45) is 14.1. The van der Waals surface area contributed by atoms with Crippen molar-refractivity contribution in [3.63, 3.8) is 0 Å². The van der Waals surface area contributed by atoms with Crippen LogP contribution in [0.3, 0.4) is 0 Å². The summed E-state index contributed by atoms with van der Waals surface area (Å²) >= 11 is 0. The van der Waals surface area contributed by atoms with Crippen molar-refractivity contribution in [3.8, 4) is 0 Å². The summed E-state index contributed by atoms with van der Waals surface area (Å²) in [5.74, 6) is 0. The summed E-state index contributed by atoms with van der Waals surface area (Å²) < 4.78 is 0. The van der Waals surface area contributed by atoms with E-state index in [1.165, 1.54) is 36.8 Å². The van der Waals surface area contributed by atoms with Crippen molar-refractivity contribution < 1.29 is 0 Å². The van der Waals surface area contributed by atoms with E-state index in [2.05, 4.69) is 38.2 Å². The Morgan fingerprint density at radius 3 is 2.58 bits per heavy atom. The van der Waals surface area contributed by atoms with Gasteiger partial charge in [0.2, 0.25) is 0 Å². The lowest BCUT2D eigenvalue weighted by atomic mass is 10.0. The van der Waals surface area contributed by atoms with Gasteiger partial charge in [-0.05, 0) is 45.1 Å². The average Bonchev–Trinajstić information content (AvgIpc) is 2.08. The van der Waals surface area contributed by atoms with Crippen molar-refractivity contribution in [1.29, 1.82) is 0 Å². The Morgan fingerprint density at radius 1 is 1.00 bits per heavy atom. The minimum Gasteiger partial charge on any atom is -0.0845 e. The van der Waals surface area contributed by atoms with Crippen molar-refractivity contribution in [1.82, 2.24) is 0 Å². The highest BCUT2D eigenvalue weighted by atomic mass is 14.0. The van der Waals surface area contributed by atoms with Crippen molar-refractivity contribution in [2.45, 2.75) is 39.5 Å². The standard InChI is InChI=1S/C12H18/c1-11-9-7-5-3-4-6-8-10-12(11)2/h5,7,9-10H,3-4,6,8H2,1-2H3. The summed E-state index contributed by atoms with van der Waals surface area (Å²) in [7, 11) is 0. The predicted octanol–water partition coefficient (Wildman–Crippen LogP) is 4.01. The molecule has 0 N–H and O–H groups in total. The van der Waals surface area contributed by atoms with Crippen LogP contribution in [0.5, 0.6) is 0 Å². The van der Waals surface area contributed by atoms with Crippen LogP contribution in [0.15, 0.2) is 35.5 Å². The molecule has 0 aliphatic heterocycles. The maximum absolute atomic E-state index is 2.35. The van der Waals surface area contributed by atoms with Crippen LogP contribution < -0.4 is 0 Å². The fourth-order valence-electron chi connectivity index (χ4n) is 1.33. The number of rotatable bonds is 0. The van der Waals surface area contributed by atoms with Gasteiger partial charge in [0.1, 0.15) is 0 Å². The van der Waals surface area contributed by atoms with Gasteiger partial charge in [0, 0.05) is 0 Å². The smallest absolute Gasteiger partial charge is 0.0345 e. The Morgan fingerprint density at radius 2 is 1.75 bits per heavy atom. The van der Waals surface area contributed by atoms with Gasteiger partial charge in [-0.2, -0.15) is 0 Å². The molecule has 0 atom stereocenters. The quantitative estimate of drug-likeness (QED) is 0.505. The first kappa shape index (κ1) is 9.31. The molecule has 0 spiro atoms. The molecule has 0 fully saturated rings.